The first-order valence-electron chi connectivity index (χ1n) is 13.7. The van der Waals surface area contributed by atoms with Crippen LogP contribution in [0, 0.1) is 11.3 Å². The molecule has 1 aromatic heterocycles. The molecule has 1 spiro atoms. The van der Waals surface area contributed by atoms with Crippen LogP contribution < -0.4 is 16.0 Å². The molecule has 4 fully saturated rings. The van der Waals surface area contributed by atoms with Gasteiger partial charge in [-0.2, -0.15) is 0 Å². The summed E-state index contributed by atoms with van der Waals surface area (Å²) >= 11 is 1.28. The number of carbonyl (C=O) groups excluding carboxylic acids is 5. The van der Waals surface area contributed by atoms with Gasteiger partial charge in [0.15, 0.2) is 5.01 Å². The van der Waals surface area contributed by atoms with Gasteiger partial charge in [0.2, 0.25) is 17.6 Å². The Balaban J connectivity index is 1.35. The highest BCUT2D eigenvalue weighted by atomic mass is 32.1. The van der Waals surface area contributed by atoms with E-state index in [-0.39, 0.29) is 35.1 Å². The van der Waals surface area contributed by atoms with Crippen LogP contribution in [-0.4, -0.2) is 70.5 Å². The number of Topliss-reactive ketones (excluding diaryl/α,β-unsaturated/α-hetero) is 1. The minimum absolute atomic E-state index is 0.00458. The minimum Gasteiger partial charge on any atom is -0.356 e. The van der Waals surface area contributed by atoms with Crippen molar-refractivity contribution in [3.63, 3.8) is 0 Å². The zero-order chi connectivity index (χ0) is 27.2. The van der Waals surface area contributed by atoms with Crippen molar-refractivity contribution in [3.05, 3.63) is 16.1 Å². The Labute approximate surface area is 226 Å². The average Bonchev–Trinajstić information content (AvgIpc) is 3.73. The number of hydrogen-bond acceptors (Lipinski definition) is 7. The monoisotopic (exact) mass is 543 g/mol. The minimum atomic E-state index is -1.13. The molecule has 206 valence electrons. The summed E-state index contributed by atoms with van der Waals surface area (Å²) in [6, 6.07) is -1.90. The van der Waals surface area contributed by atoms with E-state index in [2.05, 4.69) is 20.9 Å². The average molecular weight is 544 g/mol. The lowest BCUT2D eigenvalue weighted by atomic mass is 9.87. The molecule has 3 N–H and O–H groups in total. The molecule has 0 aromatic carbocycles. The molecule has 3 unspecified atom stereocenters. The van der Waals surface area contributed by atoms with E-state index in [1.54, 1.807) is 4.90 Å². The largest absolute Gasteiger partial charge is 0.356 e. The van der Waals surface area contributed by atoms with Crippen LogP contribution in [0.1, 0.15) is 87.6 Å². The SMILES string of the molecule is CC(C)(C)c1csc(C(=O)N2CCC3(CC3)CC2C(=O)NC(CC2CCNC2=O)C(=O)C(=O)NC2CC2)n1. The Morgan fingerprint density at radius 1 is 1.18 bits per heavy atom. The first kappa shape index (κ1) is 26.8. The number of likely N-dealkylation sites (tertiary alicyclic amines) is 1. The summed E-state index contributed by atoms with van der Waals surface area (Å²) in [6.07, 6.45) is 5.63. The third kappa shape index (κ3) is 5.77. The molecule has 2 aliphatic heterocycles. The Bertz CT molecular complexity index is 1150. The maximum atomic E-state index is 13.7. The molecule has 11 heteroatoms. The van der Waals surface area contributed by atoms with Gasteiger partial charge in [-0.3, -0.25) is 24.0 Å². The van der Waals surface area contributed by atoms with Crippen LogP contribution in [0.15, 0.2) is 5.38 Å². The summed E-state index contributed by atoms with van der Waals surface area (Å²) in [5.41, 5.74) is 0.670. The van der Waals surface area contributed by atoms with Crippen molar-refractivity contribution >= 4 is 40.7 Å². The molecule has 2 saturated carbocycles. The van der Waals surface area contributed by atoms with Gasteiger partial charge in [0.05, 0.1) is 11.7 Å². The van der Waals surface area contributed by atoms with Gasteiger partial charge in [-0.1, -0.05) is 20.8 Å². The molecule has 2 aliphatic carbocycles. The third-order valence-corrected chi connectivity index (χ3v) is 9.14. The zero-order valence-electron chi connectivity index (χ0n) is 22.3. The number of nitrogens with one attached hydrogen (secondary N) is 3. The van der Waals surface area contributed by atoms with Gasteiger partial charge in [-0.15, -0.1) is 11.3 Å². The van der Waals surface area contributed by atoms with Gasteiger partial charge in [0.25, 0.3) is 11.8 Å². The van der Waals surface area contributed by atoms with E-state index < -0.39 is 35.6 Å². The summed E-state index contributed by atoms with van der Waals surface area (Å²) in [7, 11) is 0. The van der Waals surface area contributed by atoms with Crippen LogP contribution in [0.5, 0.6) is 0 Å². The van der Waals surface area contributed by atoms with Crippen molar-refractivity contribution in [2.24, 2.45) is 11.3 Å². The van der Waals surface area contributed by atoms with E-state index in [1.165, 1.54) is 11.3 Å². The topological polar surface area (TPSA) is 138 Å². The van der Waals surface area contributed by atoms with E-state index in [9.17, 15) is 24.0 Å². The van der Waals surface area contributed by atoms with Crippen LogP contribution in [-0.2, 0) is 24.6 Å². The van der Waals surface area contributed by atoms with Crippen LogP contribution in [0.4, 0.5) is 0 Å². The lowest BCUT2D eigenvalue weighted by Crippen LogP contribution is -2.58. The second-order valence-electron chi connectivity index (χ2n) is 12.4. The van der Waals surface area contributed by atoms with Crippen molar-refractivity contribution in [3.8, 4) is 0 Å². The lowest BCUT2D eigenvalue weighted by molar-refractivity contribution is -0.141. The third-order valence-electron chi connectivity index (χ3n) is 8.31. The molecule has 1 aromatic rings. The second-order valence-corrected chi connectivity index (χ2v) is 13.3. The first-order chi connectivity index (χ1) is 18.0. The molecule has 3 heterocycles. The van der Waals surface area contributed by atoms with Crippen molar-refractivity contribution in [1.29, 1.82) is 0 Å². The predicted molar refractivity (Wildman–Crippen MR) is 140 cm³/mol. The summed E-state index contributed by atoms with van der Waals surface area (Å²) < 4.78 is 0. The number of aromatic nitrogens is 1. The Kier molecular flexibility index (Phi) is 7.08. The lowest BCUT2D eigenvalue weighted by Gasteiger charge is -2.39. The fourth-order valence-electron chi connectivity index (χ4n) is 5.38. The van der Waals surface area contributed by atoms with Crippen molar-refractivity contribution in [2.45, 2.75) is 95.7 Å². The Hall–Kier alpha value is -2.82. The highest BCUT2D eigenvalue weighted by Crippen LogP contribution is 2.55. The summed E-state index contributed by atoms with van der Waals surface area (Å²) in [4.78, 5) is 71.5. The van der Waals surface area contributed by atoms with Crippen LogP contribution in [0.3, 0.4) is 0 Å². The molecule has 0 bridgehead atoms. The zero-order valence-corrected chi connectivity index (χ0v) is 23.1. The summed E-state index contributed by atoms with van der Waals surface area (Å²) in [5, 5.41) is 10.5. The summed E-state index contributed by atoms with van der Waals surface area (Å²) in [6.45, 7) is 7.04. The molecular weight excluding hydrogens is 506 g/mol. The number of amides is 4. The highest BCUT2D eigenvalue weighted by molar-refractivity contribution is 7.11. The van der Waals surface area contributed by atoms with E-state index >= 15 is 0 Å². The van der Waals surface area contributed by atoms with Crippen LogP contribution in [0.25, 0.3) is 0 Å². The number of piperidine rings is 1. The predicted octanol–water partition coefficient (Wildman–Crippen LogP) is 1.68. The van der Waals surface area contributed by atoms with Gasteiger partial charge < -0.3 is 20.9 Å². The van der Waals surface area contributed by atoms with Crippen molar-refractivity contribution < 1.29 is 24.0 Å². The fraction of sp³-hybridized carbons (Fsp3) is 0.704. The van der Waals surface area contributed by atoms with Crippen LogP contribution >= 0.6 is 11.3 Å². The van der Waals surface area contributed by atoms with E-state index in [0.717, 1.165) is 37.8 Å². The van der Waals surface area contributed by atoms with E-state index in [0.29, 0.717) is 30.9 Å². The van der Waals surface area contributed by atoms with E-state index in [1.807, 2.05) is 26.2 Å². The van der Waals surface area contributed by atoms with Gasteiger partial charge in [-0.05, 0) is 56.8 Å². The quantitative estimate of drug-likeness (QED) is 0.427. The number of hydrogen-bond donors (Lipinski definition) is 3. The molecule has 10 nitrogen and oxygen atoms in total. The molecule has 4 amide bonds. The van der Waals surface area contributed by atoms with Gasteiger partial charge in [0, 0.05) is 35.8 Å². The molecule has 4 aliphatic rings. The second kappa shape index (κ2) is 10.1. The number of carbonyl (C=O) groups is 5. The molecule has 2 saturated heterocycles. The van der Waals surface area contributed by atoms with Gasteiger partial charge in [0.1, 0.15) is 6.04 Å². The molecule has 3 atom stereocenters. The van der Waals surface area contributed by atoms with Crippen molar-refractivity contribution in [2.75, 3.05) is 13.1 Å². The van der Waals surface area contributed by atoms with Crippen molar-refractivity contribution in [1.82, 2.24) is 25.8 Å². The van der Waals surface area contributed by atoms with Crippen LogP contribution in [0.2, 0.25) is 0 Å². The smallest absolute Gasteiger partial charge is 0.289 e. The maximum absolute atomic E-state index is 13.7. The standard InChI is InChI=1S/C27H37N5O5S/c1-26(2,3)19-14-38-24(31-19)25(37)32-11-9-27(7-8-27)13-18(32)22(35)30-17(12-15-6-10-28-21(15)34)20(33)23(36)29-16-4-5-16/h14-18H,4-13H2,1-3H3,(H,28,34)(H,29,36)(H,30,35). The number of ketones is 1. The Morgan fingerprint density at radius 3 is 2.50 bits per heavy atom. The number of rotatable bonds is 8. The highest BCUT2D eigenvalue weighted by Gasteiger charge is 2.52. The summed E-state index contributed by atoms with van der Waals surface area (Å²) in [5.74, 6) is -2.84. The molecule has 38 heavy (non-hydrogen) atoms. The van der Waals surface area contributed by atoms with Gasteiger partial charge in [-0.25, -0.2) is 4.98 Å². The normalized spacial score (nSPS) is 25.0. The maximum Gasteiger partial charge on any atom is 0.289 e. The number of thiazole rings is 1. The molecule has 0 radical (unpaired) electrons. The number of nitrogens with zero attached hydrogens (tertiary/aromatic N) is 2. The van der Waals surface area contributed by atoms with E-state index in [4.69, 9.17) is 0 Å². The first-order valence-corrected chi connectivity index (χ1v) is 14.5. The van der Waals surface area contributed by atoms with Gasteiger partial charge >= 0.3 is 0 Å². The molecular formula is C27H37N5O5S. The fourth-order valence-corrected chi connectivity index (χ4v) is 6.38. The Morgan fingerprint density at radius 2 is 1.92 bits per heavy atom. The molecule has 5 rings (SSSR count).